The molecule has 0 fully saturated rings. The lowest BCUT2D eigenvalue weighted by molar-refractivity contribution is 0.386. The van der Waals surface area contributed by atoms with Crippen molar-refractivity contribution in [1.82, 2.24) is 9.78 Å². The monoisotopic (exact) mass is 384 g/mol. The normalized spacial score (nSPS) is 11.0. The minimum Gasteiger partial charge on any atom is -0.494 e. The minimum absolute atomic E-state index is 0.151. The molecule has 0 atom stereocenters. The van der Waals surface area contributed by atoms with Gasteiger partial charge in [0.1, 0.15) is 5.69 Å². The third kappa shape index (κ3) is 3.86. The third-order valence-electron chi connectivity index (χ3n) is 3.96. The lowest BCUT2D eigenvalue weighted by atomic mass is 10.0. The Morgan fingerprint density at radius 2 is 1.78 bits per heavy atom. The Morgan fingerprint density at radius 3 is 2.33 bits per heavy atom. The summed E-state index contributed by atoms with van der Waals surface area (Å²) in [4.78, 5) is 0.219. The van der Waals surface area contributed by atoms with Crippen LogP contribution in [0.4, 0.5) is 4.39 Å². The van der Waals surface area contributed by atoms with E-state index in [1.807, 2.05) is 0 Å². The summed E-state index contributed by atoms with van der Waals surface area (Å²) in [5, 5.41) is 4.45. The molecule has 0 bridgehead atoms. The summed E-state index contributed by atoms with van der Waals surface area (Å²) in [5.41, 5.74) is 2.55. The summed E-state index contributed by atoms with van der Waals surface area (Å²) in [6.07, 6.45) is 2.86. The molecule has 0 spiro atoms. The molecule has 0 aliphatic rings. The van der Waals surface area contributed by atoms with Crippen LogP contribution in [0.2, 0.25) is 0 Å². The summed E-state index contributed by atoms with van der Waals surface area (Å²) in [7, 11) is -1.89. The number of sulfone groups is 1. The number of hydrogen-bond donors (Lipinski definition) is 0. The highest BCUT2D eigenvalue weighted by Crippen LogP contribution is 2.33. The van der Waals surface area contributed by atoms with Crippen LogP contribution in [0.3, 0.4) is 0 Å². The predicted octanol–water partition coefficient (Wildman–Crippen LogP) is 3.60. The van der Waals surface area contributed by atoms with E-state index in [2.05, 4.69) is 17.1 Å². The van der Waals surface area contributed by atoms with Crippen LogP contribution in [0.5, 0.6) is 5.75 Å². The van der Waals surface area contributed by atoms with Gasteiger partial charge in [0, 0.05) is 29.6 Å². The van der Waals surface area contributed by atoms with Crippen LogP contribution in [-0.2, 0) is 9.84 Å². The zero-order valence-corrected chi connectivity index (χ0v) is 15.8. The van der Waals surface area contributed by atoms with Crippen molar-refractivity contribution in [3.63, 3.8) is 0 Å². The molecule has 2 aromatic carbocycles. The summed E-state index contributed by atoms with van der Waals surface area (Å²) in [5.74, 6) is 2.43. The van der Waals surface area contributed by atoms with E-state index in [0.29, 0.717) is 22.4 Å². The summed E-state index contributed by atoms with van der Waals surface area (Å²) < 4.78 is 43.9. The fourth-order valence-electron chi connectivity index (χ4n) is 2.66. The number of nitrogens with zero attached hydrogens (tertiary/aromatic N) is 2. The molecule has 0 amide bonds. The second-order valence-corrected chi connectivity index (χ2v) is 7.86. The maximum absolute atomic E-state index is 14.2. The summed E-state index contributed by atoms with van der Waals surface area (Å²) in [6, 6.07) is 13.9. The van der Waals surface area contributed by atoms with Crippen molar-refractivity contribution in [3.05, 3.63) is 54.5 Å². The van der Waals surface area contributed by atoms with Crippen LogP contribution >= 0.6 is 0 Å². The lowest BCUT2D eigenvalue weighted by Gasteiger charge is -2.06. The Bertz CT molecular complexity index is 1150. The number of rotatable bonds is 4. The van der Waals surface area contributed by atoms with Crippen LogP contribution in [0.25, 0.3) is 22.4 Å². The van der Waals surface area contributed by atoms with Crippen molar-refractivity contribution >= 4 is 9.84 Å². The number of aromatic nitrogens is 2. The molecule has 7 heteroatoms. The van der Waals surface area contributed by atoms with Crippen molar-refractivity contribution in [1.29, 1.82) is 0 Å². The van der Waals surface area contributed by atoms with Crippen LogP contribution in [0.15, 0.2) is 53.6 Å². The first-order valence-electron chi connectivity index (χ1n) is 8.00. The van der Waals surface area contributed by atoms with Crippen LogP contribution < -0.4 is 4.74 Å². The quantitative estimate of drug-likeness (QED) is 0.645. The Hall–Kier alpha value is -3.11. The van der Waals surface area contributed by atoms with E-state index in [0.717, 1.165) is 6.26 Å². The van der Waals surface area contributed by atoms with Crippen molar-refractivity contribution in [2.45, 2.75) is 11.8 Å². The van der Waals surface area contributed by atoms with Gasteiger partial charge in [-0.15, -0.1) is 0 Å². The van der Waals surface area contributed by atoms with Gasteiger partial charge in [0.15, 0.2) is 21.4 Å². The van der Waals surface area contributed by atoms with E-state index in [1.54, 1.807) is 37.4 Å². The second-order valence-electron chi connectivity index (χ2n) is 5.84. The minimum atomic E-state index is -3.29. The van der Waals surface area contributed by atoms with Crippen molar-refractivity contribution in [3.8, 4) is 40.1 Å². The van der Waals surface area contributed by atoms with Gasteiger partial charge in [0.05, 0.1) is 12.0 Å². The zero-order chi connectivity index (χ0) is 19.6. The van der Waals surface area contributed by atoms with Crippen LogP contribution in [-0.4, -0.2) is 31.6 Å². The molecule has 5 nitrogen and oxygen atoms in total. The maximum Gasteiger partial charge on any atom is 0.175 e. The Morgan fingerprint density at radius 1 is 1.11 bits per heavy atom. The molecule has 0 aliphatic heterocycles. The van der Waals surface area contributed by atoms with Gasteiger partial charge in [0.25, 0.3) is 0 Å². The van der Waals surface area contributed by atoms with Crippen LogP contribution in [0, 0.1) is 17.8 Å². The van der Waals surface area contributed by atoms with Gasteiger partial charge in [-0.1, -0.05) is 24.1 Å². The number of benzene rings is 2. The molecular formula is C20H17FN2O3S. The van der Waals surface area contributed by atoms with Gasteiger partial charge in [-0.05, 0) is 36.8 Å². The molecule has 3 rings (SSSR count). The molecule has 138 valence electrons. The molecule has 0 aliphatic carbocycles. The standard InChI is InChI=1S/C20H17FN2O3S/c1-4-11-23-13-17(15-7-10-19(26-2)18(21)12-15)20(22-23)14-5-8-16(9-6-14)27(3,24)25/h5-10,12-13H,1-3H3. The Balaban J connectivity index is 2.15. The predicted molar refractivity (Wildman–Crippen MR) is 102 cm³/mol. The van der Waals surface area contributed by atoms with E-state index in [1.165, 1.54) is 30.0 Å². The van der Waals surface area contributed by atoms with Gasteiger partial charge >= 0.3 is 0 Å². The van der Waals surface area contributed by atoms with E-state index < -0.39 is 15.7 Å². The van der Waals surface area contributed by atoms with E-state index in [4.69, 9.17) is 4.74 Å². The topological polar surface area (TPSA) is 61.2 Å². The molecule has 0 N–H and O–H groups in total. The lowest BCUT2D eigenvalue weighted by Crippen LogP contribution is -1.96. The first-order chi connectivity index (χ1) is 12.8. The van der Waals surface area contributed by atoms with Crippen molar-refractivity contribution in [2.75, 3.05) is 13.4 Å². The summed E-state index contributed by atoms with van der Waals surface area (Å²) in [6.45, 7) is 1.69. The first kappa shape index (κ1) is 18.7. The van der Waals surface area contributed by atoms with Crippen LogP contribution in [0.1, 0.15) is 6.92 Å². The number of methoxy groups -OCH3 is 1. The molecule has 1 aromatic heterocycles. The Kier molecular flexibility index (Phi) is 5.02. The number of halogens is 1. The van der Waals surface area contributed by atoms with E-state index in [-0.39, 0.29) is 10.6 Å². The molecule has 27 heavy (non-hydrogen) atoms. The largest absolute Gasteiger partial charge is 0.494 e. The van der Waals surface area contributed by atoms with Gasteiger partial charge in [-0.2, -0.15) is 9.78 Å². The van der Waals surface area contributed by atoms with E-state index in [9.17, 15) is 12.8 Å². The van der Waals surface area contributed by atoms with Gasteiger partial charge in [-0.3, -0.25) is 0 Å². The SMILES string of the molecule is CC#Cn1cc(-c2ccc(OC)c(F)c2)c(-c2ccc(S(C)(=O)=O)cc2)n1. The highest BCUT2D eigenvalue weighted by Gasteiger charge is 2.16. The van der Waals surface area contributed by atoms with Crippen molar-refractivity contribution < 1.29 is 17.5 Å². The number of hydrogen-bond acceptors (Lipinski definition) is 4. The Labute approximate surface area is 157 Å². The molecule has 1 heterocycles. The fraction of sp³-hybridized carbons (Fsp3) is 0.150. The molecule has 0 unspecified atom stereocenters. The zero-order valence-electron chi connectivity index (χ0n) is 15.0. The second kappa shape index (κ2) is 7.25. The van der Waals surface area contributed by atoms with Gasteiger partial charge in [-0.25, -0.2) is 12.8 Å². The van der Waals surface area contributed by atoms with Crippen molar-refractivity contribution in [2.24, 2.45) is 0 Å². The number of ether oxygens (including phenoxy) is 1. The highest BCUT2D eigenvalue weighted by atomic mass is 32.2. The molecule has 0 saturated heterocycles. The highest BCUT2D eigenvalue weighted by molar-refractivity contribution is 7.90. The molecule has 0 saturated carbocycles. The molecule has 3 aromatic rings. The average molecular weight is 384 g/mol. The fourth-order valence-corrected chi connectivity index (χ4v) is 3.29. The third-order valence-corrected chi connectivity index (χ3v) is 5.09. The average Bonchev–Trinajstić information content (AvgIpc) is 3.05. The van der Waals surface area contributed by atoms with Gasteiger partial charge < -0.3 is 4.74 Å². The maximum atomic E-state index is 14.2. The smallest absolute Gasteiger partial charge is 0.175 e. The summed E-state index contributed by atoms with van der Waals surface area (Å²) >= 11 is 0. The van der Waals surface area contributed by atoms with Gasteiger partial charge in [0.2, 0.25) is 0 Å². The van der Waals surface area contributed by atoms with E-state index >= 15 is 0 Å². The molecule has 0 radical (unpaired) electrons. The molecular weight excluding hydrogens is 367 g/mol. The first-order valence-corrected chi connectivity index (χ1v) is 9.89.